The molecule has 0 bridgehead atoms. The van der Waals surface area contributed by atoms with Crippen LogP contribution in [-0.4, -0.2) is 23.4 Å². The molecule has 0 unspecified atom stereocenters. The third-order valence-corrected chi connectivity index (χ3v) is 4.16. The summed E-state index contributed by atoms with van der Waals surface area (Å²) in [4.78, 5) is 12.7. The number of nitrogens with zero attached hydrogens (tertiary/aromatic N) is 1. The largest absolute Gasteiger partial charge is 0.342 e. The van der Waals surface area contributed by atoms with Crippen molar-refractivity contribution in [3.63, 3.8) is 0 Å². The van der Waals surface area contributed by atoms with Crippen LogP contribution in [0.1, 0.15) is 34.9 Å². The Morgan fingerprint density at radius 2 is 1.90 bits per heavy atom. The molecule has 1 aliphatic rings. The Bertz CT molecular complexity index is 614. The number of nitrogens with one attached hydrogen (secondary N) is 1. The third kappa shape index (κ3) is 2.51. The normalized spacial score (nSPS) is 16.2. The molecule has 1 N–H and O–H groups in total. The Morgan fingerprint density at radius 3 is 2.65 bits per heavy atom. The molecule has 0 atom stereocenters. The SMILES string of the molecule is O=C(c1ccccc1Cl)c1cccn1C1CCNCC1. The quantitative estimate of drug-likeness (QED) is 0.880. The molecule has 2 aromatic rings. The summed E-state index contributed by atoms with van der Waals surface area (Å²) in [6, 6.07) is 11.4. The van der Waals surface area contributed by atoms with Gasteiger partial charge in [-0.25, -0.2) is 0 Å². The molecule has 0 amide bonds. The van der Waals surface area contributed by atoms with Gasteiger partial charge < -0.3 is 9.88 Å². The molecule has 1 aromatic carbocycles. The lowest BCUT2D eigenvalue weighted by Crippen LogP contribution is -2.30. The van der Waals surface area contributed by atoms with Crippen LogP contribution in [-0.2, 0) is 0 Å². The molecule has 4 heteroatoms. The number of halogens is 1. The van der Waals surface area contributed by atoms with Crippen molar-refractivity contribution in [2.24, 2.45) is 0 Å². The highest BCUT2D eigenvalue weighted by Gasteiger charge is 2.21. The molecule has 1 aromatic heterocycles. The smallest absolute Gasteiger partial charge is 0.210 e. The predicted octanol–water partition coefficient (Wildman–Crippen LogP) is 3.30. The van der Waals surface area contributed by atoms with E-state index in [-0.39, 0.29) is 5.78 Å². The minimum absolute atomic E-state index is 0.000803. The van der Waals surface area contributed by atoms with E-state index in [1.165, 1.54) is 0 Å². The first-order valence-corrected chi connectivity index (χ1v) is 7.32. The Morgan fingerprint density at radius 1 is 1.15 bits per heavy atom. The second kappa shape index (κ2) is 5.81. The molecule has 1 aliphatic heterocycles. The van der Waals surface area contributed by atoms with E-state index in [2.05, 4.69) is 9.88 Å². The van der Waals surface area contributed by atoms with Gasteiger partial charge in [0.15, 0.2) is 0 Å². The van der Waals surface area contributed by atoms with Gasteiger partial charge in [0.2, 0.25) is 5.78 Å². The van der Waals surface area contributed by atoms with Crippen LogP contribution in [0.25, 0.3) is 0 Å². The minimum atomic E-state index is -0.000803. The lowest BCUT2D eigenvalue weighted by Gasteiger charge is -2.26. The van der Waals surface area contributed by atoms with Gasteiger partial charge in [0.05, 0.1) is 10.7 Å². The van der Waals surface area contributed by atoms with Crippen LogP contribution < -0.4 is 5.32 Å². The van der Waals surface area contributed by atoms with Crippen molar-refractivity contribution in [2.45, 2.75) is 18.9 Å². The van der Waals surface area contributed by atoms with Gasteiger partial charge >= 0.3 is 0 Å². The van der Waals surface area contributed by atoms with Gasteiger partial charge in [0.25, 0.3) is 0 Å². The maximum Gasteiger partial charge on any atom is 0.210 e. The zero-order chi connectivity index (χ0) is 13.9. The first-order valence-electron chi connectivity index (χ1n) is 6.94. The molecule has 3 nitrogen and oxygen atoms in total. The van der Waals surface area contributed by atoms with E-state index in [1.54, 1.807) is 12.1 Å². The molecule has 1 fully saturated rings. The second-order valence-corrected chi connectivity index (χ2v) is 5.50. The van der Waals surface area contributed by atoms with Crippen LogP contribution >= 0.6 is 11.6 Å². The lowest BCUT2D eigenvalue weighted by molar-refractivity contribution is 0.102. The van der Waals surface area contributed by atoms with Gasteiger partial charge in [-0.2, -0.15) is 0 Å². The second-order valence-electron chi connectivity index (χ2n) is 5.09. The number of piperidine rings is 1. The number of benzene rings is 1. The van der Waals surface area contributed by atoms with E-state index < -0.39 is 0 Å². The van der Waals surface area contributed by atoms with E-state index in [9.17, 15) is 4.79 Å². The average Bonchev–Trinajstić information content (AvgIpc) is 2.97. The average molecular weight is 289 g/mol. The van der Waals surface area contributed by atoms with Gasteiger partial charge in [0, 0.05) is 17.8 Å². The van der Waals surface area contributed by atoms with Gasteiger partial charge in [-0.05, 0) is 50.2 Å². The maximum absolute atomic E-state index is 12.7. The minimum Gasteiger partial charge on any atom is -0.342 e. The number of hydrogen-bond acceptors (Lipinski definition) is 2. The van der Waals surface area contributed by atoms with E-state index in [4.69, 9.17) is 11.6 Å². The number of aromatic nitrogens is 1. The van der Waals surface area contributed by atoms with Crippen molar-refractivity contribution in [2.75, 3.05) is 13.1 Å². The van der Waals surface area contributed by atoms with Crippen LogP contribution in [0, 0.1) is 0 Å². The van der Waals surface area contributed by atoms with E-state index in [0.717, 1.165) is 31.6 Å². The topological polar surface area (TPSA) is 34.0 Å². The summed E-state index contributed by atoms with van der Waals surface area (Å²) >= 11 is 6.13. The number of hydrogen-bond donors (Lipinski definition) is 1. The van der Waals surface area contributed by atoms with Crippen molar-refractivity contribution in [3.05, 3.63) is 58.9 Å². The molecule has 0 saturated carbocycles. The van der Waals surface area contributed by atoms with E-state index in [1.807, 2.05) is 30.5 Å². The van der Waals surface area contributed by atoms with E-state index in [0.29, 0.717) is 16.6 Å². The Hall–Kier alpha value is -1.58. The number of carbonyl (C=O) groups excluding carboxylic acids is 1. The predicted molar refractivity (Wildman–Crippen MR) is 80.5 cm³/mol. The Labute approximate surface area is 123 Å². The van der Waals surface area contributed by atoms with Gasteiger partial charge in [-0.1, -0.05) is 23.7 Å². The zero-order valence-electron chi connectivity index (χ0n) is 11.2. The fraction of sp³-hybridized carbons (Fsp3) is 0.312. The molecular formula is C16H17ClN2O. The summed E-state index contributed by atoms with van der Waals surface area (Å²) < 4.78 is 2.10. The van der Waals surface area contributed by atoms with Crippen LogP contribution in [0.4, 0.5) is 0 Å². The zero-order valence-corrected chi connectivity index (χ0v) is 11.9. The monoisotopic (exact) mass is 288 g/mol. The first-order chi connectivity index (χ1) is 9.77. The standard InChI is InChI=1S/C16H17ClN2O/c17-14-5-2-1-4-13(14)16(20)15-6-3-11-19(15)12-7-9-18-10-8-12/h1-6,11-12,18H,7-10H2. The highest BCUT2D eigenvalue weighted by molar-refractivity contribution is 6.34. The summed E-state index contributed by atoms with van der Waals surface area (Å²) in [5.74, 6) is -0.000803. The van der Waals surface area contributed by atoms with Crippen LogP contribution in [0.15, 0.2) is 42.6 Å². The lowest BCUT2D eigenvalue weighted by atomic mass is 10.0. The molecule has 1 saturated heterocycles. The summed E-state index contributed by atoms with van der Waals surface area (Å²) in [6.07, 6.45) is 4.11. The molecule has 0 spiro atoms. The van der Waals surface area contributed by atoms with Crippen molar-refractivity contribution >= 4 is 17.4 Å². The fourth-order valence-electron chi connectivity index (χ4n) is 2.77. The van der Waals surface area contributed by atoms with Gasteiger partial charge in [0.1, 0.15) is 0 Å². The van der Waals surface area contributed by atoms with Crippen molar-refractivity contribution in [3.8, 4) is 0 Å². The molecule has 0 radical (unpaired) electrons. The van der Waals surface area contributed by atoms with Gasteiger partial charge in [-0.3, -0.25) is 4.79 Å². The maximum atomic E-state index is 12.7. The van der Waals surface area contributed by atoms with Crippen molar-refractivity contribution in [1.29, 1.82) is 0 Å². The summed E-state index contributed by atoms with van der Waals surface area (Å²) in [7, 11) is 0. The Kier molecular flexibility index (Phi) is 3.90. The first kappa shape index (κ1) is 13.4. The third-order valence-electron chi connectivity index (χ3n) is 3.83. The van der Waals surface area contributed by atoms with Crippen LogP contribution in [0.3, 0.4) is 0 Å². The number of rotatable bonds is 3. The molecule has 0 aliphatic carbocycles. The molecule has 3 rings (SSSR count). The number of ketones is 1. The van der Waals surface area contributed by atoms with Crippen molar-refractivity contribution in [1.82, 2.24) is 9.88 Å². The summed E-state index contributed by atoms with van der Waals surface area (Å²) in [6.45, 7) is 2.01. The fourth-order valence-corrected chi connectivity index (χ4v) is 2.99. The Balaban J connectivity index is 1.93. The van der Waals surface area contributed by atoms with Crippen molar-refractivity contribution < 1.29 is 4.79 Å². The summed E-state index contributed by atoms with van der Waals surface area (Å²) in [5, 5.41) is 3.86. The molecular weight excluding hydrogens is 272 g/mol. The van der Waals surface area contributed by atoms with Crippen LogP contribution in [0.5, 0.6) is 0 Å². The van der Waals surface area contributed by atoms with E-state index >= 15 is 0 Å². The molecule has 20 heavy (non-hydrogen) atoms. The molecule has 2 heterocycles. The molecule has 104 valence electrons. The van der Waals surface area contributed by atoms with Gasteiger partial charge in [-0.15, -0.1) is 0 Å². The highest BCUT2D eigenvalue weighted by Crippen LogP contribution is 2.25. The number of carbonyl (C=O) groups is 1. The highest BCUT2D eigenvalue weighted by atomic mass is 35.5. The van der Waals surface area contributed by atoms with Crippen LogP contribution in [0.2, 0.25) is 5.02 Å². The summed E-state index contributed by atoms with van der Waals surface area (Å²) in [5.41, 5.74) is 1.30.